The Morgan fingerprint density at radius 1 is 0.840 bits per heavy atom. The maximum Gasteiger partial charge on any atom is 0.119 e. The highest BCUT2D eigenvalue weighted by Gasteiger charge is 2.22. The van der Waals surface area contributed by atoms with Gasteiger partial charge in [-0.05, 0) is 35.4 Å². The van der Waals surface area contributed by atoms with Crippen molar-refractivity contribution in [1.29, 1.82) is 0 Å². The smallest absolute Gasteiger partial charge is 0.119 e. The molecule has 0 aliphatic carbocycles. The average molecular weight is 329 g/mol. The molecule has 3 aromatic carbocycles. The van der Waals surface area contributed by atoms with Gasteiger partial charge in [0, 0.05) is 28.6 Å². The first kappa shape index (κ1) is 15.3. The van der Waals surface area contributed by atoms with Gasteiger partial charge in [0.25, 0.3) is 0 Å². The van der Waals surface area contributed by atoms with Crippen LogP contribution < -0.4 is 4.74 Å². The number of hydrogen-bond donors (Lipinski definition) is 2. The Balaban J connectivity index is 1.93. The molecule has 1 unspecified atom stereocenters. The van der Waals surface area contributed by atoms with Gasteiger partial charge in [-0.1, -0.05) is 48.5 Å². The van der Waals surface area contributed by atoms with Crippen molar-refractivity contribution < 1.29 is 9.84 Å². The molecule has 0 aliphatic rings. The van der Waals surface area contributed by atoms with Crippen LogP contribution in [0.15, 0.2) is 79.0 Å². The molecule has 0 aliphatic heterocycles. The highest BCUT2D eigenvalue weighted by Crippen LogP contribution is 2.40. The first-order valence-electron chi connectivity index (χ1n) is 8.26. The number of aromatic hydroxyl groups is 1. The van der Waals surface area contributed by atoms with E-state index >= 15 is 0 Å². The number of phenols is 1. The number of fused-ring (bicyclic) bond motifs is 1. The summed E-state index contributed by atoms with van der Waals surface area (Å²) in [6.45, 7) is 0. The molecule has 4 aromatic rings. The summed E-state index contributed by atoms with van der Waals surface area (Å²) in [6.07, 6.45) is 2.03. The molecular formula is C22H19NO2. The van der Waals surface area contributed by atoms with E-state index in [0.29, 0.717) is 5.75 Å². The van der Waals surface area contributed by atoms with Crippen molar-refractivity contribution in [3.63, 3.8) is 0 Å². The molecular weight excluding hydrogens is 310 g/mol. The minimum atomic E-state index is -0.0664. The van der Waals surface area contributed by atoms with Gasteiger partial charge >= 0.3 is 0 Å². The summed E-state index contributed by atoms with van der Waals surface area (Å²) in [7, 11) is 1.66. The van der Waals surface area contributed by atoms with Crippen LogP contribution in [0.1, 0.15) is 22.6 Å². The number of nitrogens with one attached hydrogen (secondary N) is 1. The minimum Gasteiger partial charge on any atom is -0.508 e. The molecule has 0 fully saturated rings. The van der Waals surface area contributed by atoms with Gasteiger partial charge in [-0.2, -0.15) is 0 Å². The predicted octanol–water partition coefficient (Wildman–Crippen LogP) is 5.06. The maximum atomic E-state index is 10.5. The number of ether oxygens (including phenoxy) is 1. The van der Waals surface area contributed by atoms with Crippen LogP contribution in [0.4, 0.5) is 0 Å². The van der Waals surface area contributed by atoms with Gasteiger partial charge in [0.05, 0.1) is 7.11 Å². The van der Waals surface area contributed by atoms with E-state index in [1.165, 1.54) is 0 Å². The zero-order chi connectivity index (χ0) is 17.2. The Morgan fingerprint density at radius 2 is 1.56 bits per heavy atom. The van der Waals surface area contributed by atoms with Gasteiger partial charge in [-0.15, -0.1) is 0 Å². The normalized spacial score (nSPS) is 12.2. The third kappa shape index (κ3) is 2.74. The van der Waals surface area contributed by atoms with Crippen molar-refractivity contribution in [1.82, 2.24) is 4.98 Å². The molecule has 3 nitrogen and oxygen atoms in total. The monoisotopic (exact) mass is 329 g/mol. The van der Waals surface area contributed by atoms with Crippen molar-refractivity contribution in [2.45, 2.75) is 5.92 Å². The van der Waals surface area contributed by atoms with Crippen LogP contribution in [0, 0.1) is 0 Å². The topological polar surface area (TPSA) is 45.2 Å². The van der Waals surface area contributed by atoms with Crippen molar-refractivity contribution in [2.24, 2.45) is 0 Å². The summed E-state index contributed by atoms with van der Waals surface area (Å²) >= 11 is 0. The van der Waals surface area contributed by atoms with Crippen LogP contribution in [0.2, 0.25) is 0 Å². The average Bonchev–Trinajstić information content (AvgIpc) is 3.08. The SMILES string of the molecule is COc1ccc(C(c2ccccc2O)c2c[nH]c3ccccc23)cc1. The highest BCUT2D eigenvalue weighted by molar-refractivity contribution is 5.85. The summed E-state index contributed by atoms with van der Waals surface area (Å²) in [5.41, 5.74) is 4.22. The lowest BCUT2D eigenvalue weighted by atomic mass is 9.84. The number of para-hydroxylation sites is 2. The van der Waals surface area contributed by atoms with Gasteiger partial charge in [0.2, 0.25) is 0 Å². The Morgan fingerprint density at radius 3 is 2.32 bits per heavy atom. The Kier molecular flexibility index (Phi) is 3.90. The fraction of sp³-hybridized carbons (Fsp3) is 0.0909. The van der Waals surface area contributed by atoms with Gasteiger partial charge in [0.1, 0.15) is 11.5 Å². The number of H-pyrrole nitrogens is 1. The zero-order valence-electron chi connectivity index (χ0n) is 13.9. The third-order valence-electron chi connectivity index (χ3n) is 4.63. The molecule has 3 heteroatoms. The largest absolute Gasteiger partial charge is 0.508 e. The highest BCUT2D eigenvalue weighted by atomic mass is 16.5. The first-order chi connectivity index (χ1) is 12.3. The second-order valence-electron chi connectivity index (χ2n) is 6.05. The summed E-state index contributed by atoms with van der Waals surface area (Å²) in [5, 5.41) is 11.6. The van der Waals surface area contributed by atoms with Gasteiger partial charge in [0.15, 0.2) is 0 Å². The molecule has 0 saturated carbocycles. The van der Waals surface area contributed by atoms with Gasteiger partial charge in [-0.3, -0.25) is 0 Å². The lowest BCUT2D eigenvalue weighted by Gasteiger charge is -2.19. The number of aromatic amines is 1. The fourth-order valence-corrected chi connectivity index (χ4v) is 3.39. The summed E-state index contributed by atoms with van der Waals surface area (Å²) < 4.78 is 5.28. The molecule has 4 rings (SSSR count). The van der Waals surface area contributed by atoms with E-state index in [2.05, 4.69) is 29.2 Å². The van der Waals surface area contributed by atoms with E-state index in [9.17, 15) is 5.11 Å². The van der Waals surface area contributed by atoms with E-state index in [1.807, 2.05) is 48.7 Å². The molecule has 2 N–H and O–H groups in total. The first-order valence-corrected chi connectivity index (χ1v) is 8.26. The second kappa shape index (κ2) is 6.36. The summed E-state index contributed by atoms with van der Waals surface area (Å²) in [5.74, 6) is 1.05. The van der Waals surface area contributed by atoms with Gasteiger partial charge < -0.3 is 14.8 Å². The zero-order valence-corrected chi connectivity index (χ0v) is 13.9. The molecule has 0 saturated heterocycles. The van der Waals surface area contributed by atoms with E-state index in [0.717, 1.165) is 33.3 Å². The summed E-state index contributed by atoms with van der Waals surface area (Å²) in [4.78, 5) is 3.34. The Hall–Kier alpha value is -3.20. The van der Waals surface area contributed by atoms with E-state index in [1.54, 1.807) is 13.2 Å². The quantitative estimate of drug-likeness (QED) is 0.549. The number of methoxy groups -OCH3 is 1. The van der Waals surface area contributed by atoms with Crippen LogP contribution >= 0.6 is 0 Å². The fourth-order valence-electron chi connectivity index (χ4n) is 3.39. The van der Waals surface area contributed by atoms with Crippen LogP contribution in [0.25, 0.3) is 10.9 Å². The summed E-state index contributed by atoms with van der Waals surface area (Å²) in [6, 6.07) is 23.8. The number of rotatable bonds is 4. The van der Waals surface area contributed by atoms with Crippen LogP contribution in [0.5, 0.6) is 11.5 Å². The second-order valence-corrected chi connectivity index (χ2v) is 6.05. The van der Waals surface area contributed by atoms with Crippen molar-refractivity contribution in [2.75, 3.05) is 7.11 Å². The lowest BCUT2D eigenvalue weighted by molar-refractivity contribution is 0.414. The standard InChI is InChI=1S/C22H19NO2/c1-25-16-12-10-15(11-13-16)22(18-7-3-5-9-21(18)24)19-14-23-20-8-4-2-6-17(19)20/h2-14,22-24H,1H3. The molecule has 0 radical (unpaired) electrons. The van der Waals surface area contributed by atoms with Crippen LogP contribution in [-0.2, 0) is 0 Å². The Bertz CT molecular complexity index is 1000. The molecule has 25 heavy (non-hydrogen) atoms. The minimum absolute atomic E-state index is 0.0664. The van der Waals surface area contributed by atoms with Gasteiger partial charge in [-0.25, -0.2) is 0 Å². The molecule has 1 atom stereocenters. The molecule has 1 aromatic heterocycles. The lowest BCUT2D eigenvalue weighted by Crippen LogP contribution is -2.03. The van der Waals surface area contributed by atoms with Crippen molar-refractivity contribution in [3.05, 3.63) is 95.7 Å². The number of phenolic OH excluding ortho intramolecular Hbond substituents is 1. The van der Waals surface area contributed by atoms with E-state index < -0.39 is 0 Å². The van der Waals surface area contributed by atoms with E-state index in [-0.39, 0.29) is 5.92 Å². The number of hydrogen-bond acceptors (Lipinski definition) is 2. The number of aromatic nitrogens is 1. The molecule has 124 valence electrons. The van der Waals surface area contributed by atoms with Crippen LogP contribution in [-0.4, -0.2) is 17.2 Å². The maximum absolute atomic E-state index is 10.5. The molecule has 0 bridgehead atoms. The van der Waals surface area contributed by atoms with Crippen molar-refractivity contribution >= 4 is 10.9 Å². The van der Waals surface area contributed by atoms with Crippen LogP contribution in [0.3, 0.4) is 0 Å². The molecule has 0 amide bonds. The van der Waals surface area contributed by atoms with Crippen molar-refractivity contribution in [3.8, 4) is 11.5 Å². The Labute approximate surface area is 146 Å². The molecule has 0 spiro atoms. The molecule has 1 heterocycles. The number of benzene rings is 3. The predicted molar refractivity (Wildman–Crippen MR) is 100 cm³/mol. The van der Waals surface area contributed by atoms with E-state index in [4.69, 9.17) is 4.74 Å². The third-order valence-corrected chi connectivity index (χ3v) is 4.63.